The smallest absolute Gasteiger partial charge is 0.213 e. The molecule has 0 atom stereocenters. The summed E-state index contributed by atoms with van der Waals surface area (Å²) in [5.41, 5.74) is 1.38. The Morgan fingerprint density at radius 3 is 2.05 bits per heavy atom. The van der Waals surface area contributed by atoms with Gasteiger partial charge in [-0.3, -0.25) is 0 Å². The maximum atomic E-state index is 2.37. The number of halogens is 1. The van der Waals surface area contributed by atoms with E-state index in [0.717, 1.165) is 0 Å². The predicted molar refractivity (Wildman–Crippen MR) is 76.6 cm³/mol. The molecular formula is C17H18IN. The van der Waals surface area contributed by atoms with E-state index in [2.05, 4.69) is 80.1 Å². The molecule has 3 aromatic rings. The van der Waals surface area contributed by atoms with Gasteiger partial charge in [-0.25, -0.2) is 0 Å². The molecule has 0 radical (unpaired) electrons. The fourth-order valence-electron chi connectivity index (χ4n) is 2.53. The van der Waals surface area contributed by atoms with E-state index in [4.69, 9.17) is 0 Å². The van der Waals surface area contributed by atoms with E-state index in [1.807, 2.05) is 0 Å². The Balaban J connectivity index is 0.00000133. The number of nitrogens with zero attached hydrogens (tertiary/aromatic N) is 1. The molecule has 1 aromatic heterocycles. The fraction of sp³-hybridized carbons (Fsp3) is 0.235. The molecule has 0 amide bonds. The molecule has 19 heavy (non-hydrogen) atoms. The van der Waals surface area contributed by atoms with Crippen LogP contribution in [0.25, 0.3) is 21.7 Å². The highest BCUT2D eigenvalue weighted by Gasteiger charge is 2.25. The van der Waals surface area contributed by atoms with Crippen LogP contribution in [0.2, 0.25) is 0 Å². The lowest BCUT2D eigenvalue weighted by molar-refractivity contribution is -0.729. The Morgan fingerprint density at radius 1 is 0.789 bits per heavy atom. The number of para-hydroxylation sites is 1. The van der Waals surface area contributed by atoms with E-state index < -0.39 is 0 Å². The van der Waals surface area contributed by atoms with Gasteiger partial charge in [0.05, 0.1) is 5.39 Å². The monoisotopic (exact) mass is 363 g/mol. The lowest BCUT2D eigenvalue weighted by atomic mass is 10.0. The molecule has 0 aliphatic carbocycles. The van der Waals surface area contributed by atoms with E-state index in [0.29, 0.717) is 0 Å². The van der Waals surface area contributed by atoms with Gasteiger partial charge in [0.25, 0.3) is 0 Å². The number of rotatable bonds is 0. The molecule has 1 nitrogen and oxygen atoms in total. The van der Waals surface area contributed by atoms with Gasteiger partial charge in [-0.2, -0.15) is 4.57 Å². The summed E-state index contributed by atoms with van der Waals surface area (Å²) in [6.45, 7) is 6.73. The van der Waals surface area contributed by atoms with Crippen molar-refractivity contribution in [3.05, 3.63) is 54.7 Å². The third kappa shape index (κ3) is 2.46. The minimum absolute atomic E-state index is 0. The Kier molecular flexibility index (Phi) is 3.81. The van der Waals surface area contributed by atoms with Crippen molar-refractivity contribution in [2.45, 2.75) is 26.3 Å². The van der Waals surface area contributed by atoms with Crippen molar-refractivity contribution in [1.29, 1.82) is 0 Å². The Bertz CT molecular complexity index is 726. The number of fused-ring (bicyclic) bond motifs is 3. The van der Waals surface area contributed by atoms with Gasteiger partial charge in [0.1, 0.15) is 0 Å². The van der Waals surface area contributed by atoms with Crippen molar-refractivity contribution in [3.63, 3.8) is 0 Å². The summed E-state index contributed by atoms with van der Waals surface area (Å²) in [4.78, 5) is 0. The van der Waals surface area contributed by atoms with Crippen molar-refractivity contribution in [3.8, 4) is 0 Å². The van der Waals surface area contributed by atoms with E-state index in [-0.39, 0.29) is 29.5 Å². The van der Waals surface area contributed by atoms with Crippen LogP contribution in [0.3, 0.4) is 0 Å². The van der Waals surface area contributed by atoms with Crippen molar-refractivity contribution in [1.82, 2.24) is 0 Å². The van der Waals surface area contributed by atoms with Crippen LogP contribution in [0.1, 0.15) is 20.8 Å². The first kappa shape index (κ1) is 14.3. The zero-order valence-electron chi connectivity index (χ0n) is 11.5. The Morgan fingerprint density at radius 2 is 1.37 bits per heavy atom. The first-order chi connectivity index (χ1) is 8.57. The lowest BCUT2D eigenvalue weighted by Crippen LogP contribution is -3.00. The highest BCUT2D eigenvalue weighted by molar-refractivity contribution is 6.03. The van der Waals surface area contributed by atoms with Crippen molar-refractivity contribution in [2.24, 2.45) is 0 Å². The fourth-order valence-corrected chi connectivity index (χ4v) is 2.53. The number of pyridine rings is 1. The molecule has 0 saturated heterocycles. The zero-order chi connectivity index (χ0) is 12.8. The molecule has 0 aliphatic heterocycles. The highest BCUT2D eigenvalue weighted by atomic mass is 127. The summed E-state index contributed by atoms with van der Waals surface area (Å²) in [5, 5.41) is 3.95. The van der Waals surface area contributed by atoms with E-state index in [9.17, 15) is 0 Å². The van der Waals surface area contributed by atoms with Crippen molar-refractivity contribution < 1.29 is 28.5 Å². The molecule has 1 heterocycles. The maximum absolute atomic E-state index is 2.37. The molecule has 0 fully saturated rings. The van der Waals surface area contributed by atoms with Gasteiger partial charge in [-0.15, -0.1) is 0 Å². The molecule has 98 valence electrons. The molecular weight excluding hydrogens is 345 g/mol. The SMILES string of the molecule is CC(C)(C)[n+]1cc2ccccc2c2ccccc21.[I-]. The quantitative estimate of drug-likeness (QED) is 0.319. The molecule has 0 bridgehead atoms. The van der Waals surface area contributed by atoms with E-state index in [1.54, 1.807) is 0 Å². The van der Waals surface area contributed by atoms with Gasteiger partial charge in [0, 0.05) is 37.6 Å². The van der Waals surface area contributed by atoms with Gasteiger partial charge in [0.2, 0.25) is 5.52 Å². The second-order valence-electron chi connectivity index (χ2n) is 5.77. The Hall–Kier alpha value is -1.16. The standard InChI is InChI=1S/C17H18N.HI/c1-17(2,3)18-12-13-8-4-5-9-14(13)15-10-6-7-11-16(15)18;/h4-12H,1-3H3;1H/q+1;/p-1. The molecule has 2 aromatic carbocycles. The summed E-state index contributed by atoms with van der Waals surface area (Å²) in [6.07, 6.45) is 2.26. The van der Waals surface area contributed by atoms with Gasteiger partial charge in [-0.1, -0.05) is 30.3 Å². The molecule has 0 N–H and O–H groups in total. The molecule has 0 saturated carbocycles. The van der Waals surface area contributed by atoms with Crippen LogP contribution < -0.4 is 28.5 Å². The van der Waals surface area contributed by atoms with Crippen LogP contribution in [0.4, 0.5) is 0 Å². The van der Waals surface area contributed by atoms with Gasteiger partial charge < -0.3 is 24.0 Å². The van der Waals surface area contributed by atoms with E-state index >= 15 is 0 Å². The first-order valence-corrected chi connectivity index (χ1v) is 6.40. The normalized spacial score (nSPS) is 11.5. The highest BCUT2D eigenvalue weighted by Crippen LogP contribution is 2.23. The molecule has 0 spiro atoms. The minimum Gasteiger partial charge on any atom is -1.00 e. The average Bonchev–Trinajstić information content (AvgIpc) is 2.37. The second kappa shape index (κ2) is 5.08. The summed E-state index contributed by atoms with van der Waals surface area (Å²) < 4.78 is 2.37. The van der Waals surface area contributed by atoms with Crippen molar-refractivity contribution in [2.75, 3.05) is 0 Å². The first-order valence-electron chi connectivity index (χ1n) is 6.40. The van der Waals surface area contributed by atoms with Gasteiger partial charge in [-0.05, 0) is 12.1 Å². The molecule has 2 heteroatoms. The lowest BCUT2D eigenvalue weighted by Gasteiger charge is -2.16. The second-order valence-corrected chi connectivity index (χ2v) is 5.77. The number of benzene rings is 2. The molecule has 0 unspecified atom stereocenters. The topological polar surface area (TPSA) is 3.88 Å². The molecule has 3 rings (SSSR count). The van der Waals surface area contributed by atoms with Crippen LogP contribution in [0.5, 0.6) is 0 Å². The van der Waals surface area contributed by atoms with Crippen LogP contribution in [0, 0.1) is 0 Å². The molecule has 0 aliphatic rings. The van der Waals surface area contributed by atoms with Crippen LogP contribution >= 0.6 is 0 Å². The van der Waals surface area contributed by atoms with Crippen molar-refractivity contribution >= 4 is 21.7 Å². The van der Waals surface area contributed by atoms with Crippen LogP contribution in [-0.2, 0) is 5.54 Å². The Labute approximate surface area is 131 Å². The zero-order valence-corrected chi connectivity index (χ0v) is 13.7. The third-order valence-corrected chi connectivity index (χ3v) is 3.41. The third-order valence-electron chi connectivity index (χ3n) is 3.41. The maximum Gasteiger partial charge on any atom is 0.213 e. The average molecular weight is 363 g/mol. The number of hydrogen-bond donors (Lipinski definition) is 0. The summed E-state index contributed by atoms with van der Waals surface area (Å²) in [5.74, 6) is 0. The number of hydrogen-bond acceptors (Lipinski definition) is 0. The van der Waals surface area contributed by atoms with Crippen LogP contribution in [-0.4, -0.2) is 0 Å². The van der Waals surface area contributed by atoms with Crippen LogP contribution in [0.15, 0.2) is 54.7 Å². The summed E-state index contributed by atoms with van der Waals surface area (Å²) in [6, 6.07) is 17.2. The predicted octanol–water partition coefficient (Wildman–Crippen LogP) is 1.04. The summed E-state index contributed by atoms with van der Waals surface area (Å²) in [7, 11) is 0. The largest absolute Gasteiger partial charge is 1.00 e. The number of aromatic nitrogens is 1. The van der Waals surface area contributed by atoms with Gasteiger partial charge in [0.15, 0.2) is 11.7 Å². The summed E-state index contributed by atoms with van der Waals surface area (Å²) >= 11 is 0. The van der Waals surface area contributed by atoms with Gasteiger partial charge >= 0.3 is 0 Å². The minimum atomic E-state index is 0. The van der Waals surface area contributed by atoms with E-state index in [1.165, 1.54) is 21.7 Å².